The van der Waals surface area contributed by atoms with Crippen molar-refractivity contribution >= 4 is 19.0 Å². The molecule has 0 aromatic rings. The fourth-order valence-electron chi connectivity index (χ4n) is 1.41. The molecule has 0 heterocycles. The minimum Gasteiger partial charge on any atom is -0.355 e. The van der Waals surface area contributed by atoms with Crippen LogP contribution in [0, 0.1) is 0 Å². The van der Waals surface area contributed by atoms with E-state index in [1.54, 1.807) is 6.34 Å². The van der Waals surface area contributed by atoms with E-state index < -0.39 is 0 Å². The van der Waals surface area contributed by atoms with E-state index in [0.717, 1.165) is 0 Å². The molecule has 0 spiro atoms. The van der Waals surface area contributed by atoms with Gasteiger partial charge in [0.05, 0.1) is 12.1 Å². The van der Waals surface area contributed by atoms with Gasteiger partial charge in [-0.25, -0.2) is 9.57 Å². The Hall–Kier alpha value is -1.28. The summed E-state index contributed by atoms with van der Waals surface area (Å²) in [4.78, 5) is 8.31. The van der Waals surface area contributed by atoms with E-state index in [0.29, 0.717) is 18.0 Å². The predicted octanol–water partition coefficient (Wildman–Crippen LogP) is 0.819. The fraction of sp³-hybridized carbons (Fsp3) is 0.727. The van der Waals surface area contributed by atoms with E-state index in [4.69, 9.17) is 0 Å². The topological polar surface area (TPSA) is 32.9 Å². The Morgan fingerprint density at radius 1 is 1.20 bits per heavy atom. The van der Waals surface area contributed by atoms with E-state index in [1.165, 1.54) is 0 Å². The van der Waals surface area contributed by atoms with Gasteiger partial charge in [0, 0.05) is 14.1 Å². The lowest BCUT2D eigenvalue weighted by Gasteiger charge is -2.22. The third-order valence-electron chi connectivity index (χ3n) is 1.89. The highest BCUT2D eigenvalue weighted by atomic mass is 15.3. The van der Waals surface area contributed by atoms with Crippen molar-refractivity contribution in [1.82, 2.24) is 14.5 Å². The Labute approximate surface area is 93.0 Å². The molecule has 4 heteroatoms. The van der Waals surface area contributed by atoms with Crippen molar-refractivity contribution < 1.29 is 0 Å². The number of rotatable bonds is 3. The number of aliphatic imine (C=N–C) groups is 1. The second kappa shape index (κ2) is 6.25. The molecule has 4 nitrogen and oxygen atoms in total. The zero-order valence-corrected chi connectivity index (χ0v) is 10.7. The quantitative estimate of drug-likeness (QED) is 0.393. The highest BCUT2D eigenvalue weighted by Crippen LogP contribution is 2.05. The third-order valence-corrected chi connectivity index (χ3v) is 1.89. The van der Waals surface area contributed by atoms with E-state index in [-0.39, 0.29) is 0 Å². The summed E-state index contributed by atoms with van der Waals surface area (Å²) in [5.74, 6) is 0.675. The molecule has 0 aliphatic rings. The maximum atomic E-state index is 4.30. The molecule has 0 bridgehead atoms. The van der Waals surface area contributed by atoms with E-state index in [1.807, 2.05) is 19.0 Å². The summed E-state index contributed by atoms with van der Waals surface area (Å²) in [5.41, 5.74) is 0. The molecule has 0 N–H and O–H groups in total. The molecule has 0 aliphatic carbocycles. The highest BCUT2D eigenvalue weighted by molar-refractivity contribution is 5.87. The molecule has 86 valence electrons. The molecule has 0 aromatic carbocycles. The summed E-state index contributed by atoms with van der Waals surface area (Å²) in [7, 11) is 3.86. The van der Waals surface area contributed by atoms with Crippen LogP contribution in [0.1, 0.15) is 27.7 Å². The Kier molecular flexibility index (Phi) is 5.72. The standard InChI is InChI=1S/C11H23N4/c1-9(2)15(10(3)4)11(12-5)13-8-14(6)7/h8-10H,5H2,1-4,6-7H3/q+1. The van der Waals surface area contributed by atoms with Gasteiger partial charge in [0.1, 0.15) is 6.72 Å². The summed E-state index contributed by atoms with van der Waals surface area (Å²) >= 11 is 0. The van der Waals surface area contributed by atoms with Gasteiger partial charge in [-0.1, -0.05) is 0 Å². The number of hydrogen-bond donors (Lipinski definition) is 0. The van der Waals surface area contributed by atoms with Crippen LogP contribution in [-0.4, -0.2) is 55.0 Å². The summed E-state index contributed by atoms with van der Waals surface area (Å²) in [6, 6.07) is 0.731. The maximum absolute atomic E-state index is 4.30. The SMILES string of the molecule is C=[N+]=C(/N=C/N(C)C)N(C(C)C)C(C)C. The minimum absolute atomic E-state index is 0.366. The van der Waals surface area contributed by atoms with Crippen molar-refractivity contribution in [3.63, 3.8) is 0 Å². The molecular formula is C11H23N4+. The summed E-state index contributed by atoms with van der Waals surface area (Å²) in [5, 5.41) is 0. The summed E-state index contributed by atoms with van der Waals surface area (Å²) < 4.78 is 3.97. The highest BCUT2D eigenvalue weighted by Gasteiger charge is 2.26. The van der Waals surface area contributed by atoms with Gasteiger partial charge in [-0.05, 0) is 32.7 Å². The lowest BCUT2D eigenvalue weighted by Crippen LogP contribution is -2.42. The predicted molar refractivity (Wildman–Crippen MR) is 68.6 cm³/mol. The lowest BCUT2D eigenvalue weighted by molar-refractivity contribution is 0.288. The van der Waals surface area contributed by atoms with Crippen LogP contribution in [0.15, 0.2) is 4.99 Å². The number of hydrogen-bond acceptors (Lipinski definition) is 0. The van der Waals surface area contributed by atoms with E-state index in [9.17, 15) is 0 Å². The van der Waals surface area contributed by atoms with Gasteiger partial charge in [0.25, 0.3) is 0 Å². The van der Waals surface area contributed by atoms with Gasteiger partial charge >= 0.3 is 5.96 Å². The Morgan fingerprint density at radius 2 is 1.67 bits per heavy atom. The molecule has 0 unspecified atom stereocenters. The molecule has 0 atom stereocenters. The first kappa shape index (κ1) is 13.7. The van der Waals surface area contributed by atoms with Crippen molar-refractivity contribution in [3.05, 3.63) is 0 Å². The van der Waals surface area contributed by atoms with Crippen LogP contribution in [-0.2, 0) is 0 Å². The average Bonchev–Trinajstić information content (AvgIpc) is 2.09. The van der Waals surface area contributed by atoms with Gasteiger partial charge in [-0.3, -0.25) is 0 Å². The summed E-state index contributed by atoms with van der Waals surface area (Å²) in [6.07, 6.45) is 1.74. The van der Waals surface area contributed by atoms with Crippen LogP contribution >= 0.6 is 0 Å². The maximum Gasteiger partial charge on any atom is 0.483 e. The third kappa shape index (κ3) is 4.66. The van der Waals surface area contributed by atoms with Gasteiger partial charge in [-0.15, -0.1) is 0 Å². The van der Waals surface area contributed by atoms with Crippen LogP contribution in [0.2, 0.25) is 0 Å². The Balaban J connectivity index is 4.86. The molecule has 0 fully saturated rings. The van der Waals surface area contributed by atoms with Crippen LogP contribution in [0.4, 0.5) is 0 Å². The number of nitrogens with zero attached hydrogens (tertiary/aromatic N) is 4. The van der Waals surface area contributed by atoms with Gasteiger partial charge in [0.15, 0.2) is 6.34 Å². The Morgan fingerprint density at radius 3 is 1.93 bits per heavy atom. The second-order valence-electron chi connectivity index (χ2n) is 4.26. The van der Waals surface area contributed by atoms with Crippen LogP contribution in [0.3, 0.4) is 0 Å². The first-order chi connectivity index (χ1) is 6.90. The fourth-order valence-corrected chi connectivity index (χ4v) is 1.41. The molecule has 0 radical (unpaired) electrons. The molecule has 0 aliphatic heterocycles. The molecule has 0 saturated heterocycles. The van der Waals surface area contributed by atoms with Crippen LogP contribution in [0.5, 0.6) is 0 Å². The normalized spacial score (nSPS) is 10.9. The van der Waals surface area contributed by atoms with E-state index >= 15 is 0 Å². The van der Waals surface area contributed by atoms with Crippen LogP contribution < -0.4 is 4.67 Å². The second-order valence-corrected chi connectivity index (χ2v) is 4.26. The first-order valence-corrected chi connectivity index (χ1v) is 5.22. The molecule has 0 saturated carbocycles. The lowest BCUT2D eigenvalue weighted by atomic mass is 10.2. The number of guanidine groups is 1. The van der Waals surface area contributed by atoms with Crippen molar-refractivity contribution in [2.75, 3.05) is 14.1 Å². The van der Waals surface area contributed by atoms with Crippen LogP contribution in [0.25, 0.3) is 0 Å². The Bertz CT molecular complexity index is 252. The van der Waals surface area contributed by atoms with Crippen molar-refractivity contribution in [2.24, 2.45) is 4.99 Å². The minimum atomic E-state index is 0.366. The molecule has 15 heavy (non-hydrogen) atoms. The van der Waals surface area contributed by atoms with Gasteiger partial charge < -0.3 is 4.90 Å². The zero-order chi connectivity index (χ0) is 12.0. The van der Waals surface area contributed by atoms with Crippen molar-refractivity contribution in [1.29, 1.82) is 0 Å². The van der Waals surface area contributed by atoms with Crippen molar-refractivity contribution in [3.8, 4) is 0 Å². The van der Waals surface area contributed by atoms with Crippen molar-refractivity contribution in [2.45, 2.75) is 39.8 Å². The molecule has 0 amide bonds. The molecule has 0 rings (SSSR count). The monoisotopic (exact) mass is 211 g/mol. The molecule has 0 aromatic heterocycles. The average molecular weight is 211 g/mol. The largest absolute Gasteiger partial charge is 0.483 e. The van der Waals surface area contributed by atoms with Gasteiger partial charge in [0.2, 0.25) is 0 Å². The van der Waals surface area contributed by atoms with Gasteiger partial charge in [-0.2, -0.15) is 0 Å². The molecular weight excluding hydrogens is 188 g/mol. The van der Waals surface area contributed by atoms with E-state index in [2.05, 4.69) is 49.0 Å². The first-order valence-electron chi connectivity index (χ1n) is 5.22. The zero-order valence-electron chi connectivity index (χ0n) is 10.7. The summed E-state index contributed by atoms with van der Waals surface area (Å²) in [6.45, 7) is 12.0. The smallest absolute Gasteiger partial charge is 0.355 e.